The summed E-state index contributed by atoms with van der Waals surface area (Å²) in [4.78, 5) is 13.9. The minimum absolute atomic E-state index is 0.125. The molecule has 1 amide bonds. The third kappa shape index (κ3) is 4.29. The Bertz CT molecular complexity index is 476. The fourth-order valence-electron chi connectivity index (χ4n) is 3.10. The molecular formula is C17H26N2O2. The van der Waals surface area contributed by atoms with Gasteiger partial charge < -0.3 is 15.0 Å². The average Bonchev–Trinajstić information content (AvgIpc) is 2.48. The Morgan fingerprint density at radius 1 is 1.48 bits per heavy atom. The van der Waals surface area contributed by atoms with Crippen molar-refractivity contribution in [1.82, 2.24) is 10.2 Å². The highest BCUT2D eigenvalue weighted by molar-refractivity contribution is 5.78. The lowest BCUT2D eigenvalue weighted by Gasteiger charge is -2.38. The summed E-state index contributed by atoms with van der Waals surface area (Å²) in [5.74, 6) is 0.643. The Labute approximate surface area is 127 Å². The molecule has 0 unspecified atom stereocenters. The second-order valence-electron chi connectivity index (χ2n) is 5.89. The Morgan fingerprint density at radius 3 is 2.95 bits per heavy atom. The standard InChI is InChI=1S/C17H26N2O2/c1-13-5-4-6-14(9-13)10-15-7-8-19(12-16(15)21-3)17(20)11-18-2/h4-6,9,15-16,18H,7-8,10-12H2,1-3H3/t15-,16+/m1/s1. The molecule has 2 rings (SSSR count). The molecule has 1 N–H and O–H groups in total. The summed E-state index contributed by atoms with van der Waals surface area (Å²) >= 11 is 0. The topological polar surface area (TPSA) is 41.6 Å². The molecule has 1 fully saturated rings. The minimum Gasteiger partial charge on any atom is -0.379 e. The van der Waals surface area contributed by atoms with Crippen LogP contribution in [-0.4, -0.2) is 50.7 Å². The molecule has 0 aromatic heterocycles. The van der Waals surface area contributed by atoms with E-state index in [0.717, 1.165) is 19.4 Å². The first-order valence-corrected chi connectivity index (χ1v) is 7.64. The number of nitrogens with zero attached hydrogens (tertiary/aromatic N) is 1. The largest absolute Gasteiger partial charge is 0.379 e. The van der Waals surface area contributed by atoms with E-state index in [9.17, 15) is 4.79 Å². The first kappa shape index (κ1) is 16.0. The van der Waals surface area contributed by atoms with E-state index in [4.69, 9.17) is 4.74 Å². The summed E-state index contributed by atoms with van der Waals surface area (Å²) in [5, 5.41) is 2.92. The van der Waals surface area contributed by atoms with Gasteiger partial charge in [-0.2, -0.15) is 0 Å². The second-order valence-corrected chi connectivity index (χ2v) is 5.89. The molecule has 0 radical (unpaired) electrons. The van der Waals surface area contributed by atoms with Crippen molar-refractivity contribution in [3.63, 3.8) is 0 Å². The Kier molecular flexibility index (Phi) is 5.76. The zero-order chi connectivity index (χ0) is 15.2. The molecule has 0 aliphatic carbocycles. The second kappa shape index (κ2) is 7.57. The van der Waals surface area contributed by atoms with Crippen molar-refractivity contribution < 1.29 is 9.53 Å². The van der Waals surface area contributed by atoms with Crippen molar-refractivity contribution in [3.05, 3.63) is 35.4 Å². The number of carbonyl (C=O) groups excluding carboxylic acids is 1. The van der Waals surface area contributed by atoms with Crippen molar-refractivity contribution in [3.8, 4) is 0 Å². The highest BCUT2D eigenvalue weighted by atomic mass is 16.5. The molecule has 0 saturated carbocycles. The van der Waals surface area contributed by atoms with Gasteiger partial charge in [-0.15, -0.1) is 0 Å². The molecule has 0 bridgehead atoms. The number of nitrogens with one attached hydrogen (secondary N) is 1. The number of carbonyl (C=O) groups is 1. The van der Waals surface area contributed by atoms with E-state index in [0.29, 0.717) is 19.0 Å². The van der Waals surface area contributed by atoms with Crippen LogP contribution in [0.25, 0.3) is 0 Å². The lowest BCUT2D eigenvalue weighted by atomic mass is 9.87. The maximum Gasteiger partial charge on any atom is 0.236 e. The minimum atomic E-state index is 0.125. The average molecular weight is 290 g/mol. The third-order valence-electron chi connectivity index (χ3n) is 4.26. The maximum atomic E-state index is 12.0. The van der Waals surface area contributed by atoms with Gasteiger partial charge in [0.1, 0.15) is 0 Å². The predicted octanol–water partition coefficient (Wildman–Crippen LogP) is 1.62. The lowest BCUT2D eigenvalue weighted by molar-refractivity contribution is -0.135. The van der Waals surface area contributed by atoms with Gasteiger partial charge in [-0.05, 0) is 38.3 Å². The van der Waals surface area contributed by atoms with Crippen LogP contribution >= 0.6 is 0 Å². The van der Waals surface area contributed by atoms with Gasteiger partial charge in [-0.1, -0.05) is 29.8 Å². The SMILES string of the molecule is CNCC(=O)N1CC[C@H](Cc2cccc(C)c2)[C@@H](OC)C1. The van der Waals surface area contributed by atoms with Crippen LogP contribution < -0.4 is 5.32 Å². The highest BCUT2D eigenvalue weighted by Crippen LogP contribution is 2.24. The summed E-state index contributed by atoms with van der Waals surface area (Å²) in [7, 11) is 3.55. The molecule has 1 aliphatic heterocycles. The van der Waals surface area contributed by atoms with Gasteiger partial charge >= 0.3 is 0 Å². The quantitative estimate of drug-likeness (QED) is 0.896. The smallest absolute Gasteiger partial charge is 0.236 e. The molecule has 21 heavy (non-hydrogen) atoms. The number of likely N-dealkylation sites (N-methyl/N-ethyl adjacent to an activating group) is 1. The lowest BCUT2D eigenvalue weighted by Crippen LogP contribution is -2.49. The van der Waals surface area contributed by atoms with Gasteiger partial charge in [0.25, 0.3) is 0 Å². The van der Waals surface area contributed by atoms with Gasteiger partial charge in [-0.25, -0.2) is 0 Å². The molecule has 1 aromatic rings. The summed E-state index contributed by atoms with van der Waals surface area (Å²) in [6.07, 6.45) is 2.15. The number of hydrogen-bond acceptors (Lipinski definition) is 3. The number of amides is 1. The van der Waals surface area contributed by atoms with E-state index in [2.05, 4.69) is 36.5 Å². The Morgan fingerprint density at radius 2 is 2.29 bits per heavy atom. The number of aryl methyl sites for hydroxylation is 1. The molecule has 0 spiro atoms. The number of likely N-dealkylation sites (tertiary alicyclic amines) is 1. The number of ether oxygens (including phenoxy) is 1. The van der Waals surface area contributed by atoms with Gasteiger partial charge in [0.05, 0.1) is 12.6 Å². The number of methoxy groups -OCH3 is 1. The van der Waals surface area contributed by atoms with Crippen LogP contribution in [0, 0.1) is 12.8 Å². The predicted molar refractivity (Wildman–Crippen MR) is 84.3 cm³/mol. The van der Waals surface area contributed by atoms with Crippen LogP contribution in [0.4, 0.5) is 0 Å². The van der Waals surface area contributed by atoms with Crippen LogP contribution in [0.2, 0.25) is 0 Å². The molecule has 1 heterocycles. The van der Waals surface area contributed by atoms with Gasteiger partial charge in [0.15, 0.2) is 0 Å². The van der Waals surface area contributed by atoms with Crippen LogP contribution in [0.1, 0.15) is 17.5 Å². The molecule has 4 heteroatoms. The number of benzene rings is 1. The van der Waals surface area contributed by atoms with E-state index in [-0.39, 0.29) is 12.0 Å². The van der Waals surface area contributed by atoms with Gasteiger partial charge in [0.2, 0.25) is 5.91 Å². The van der Waals surface area contributed by atoms with Crippen LogP contribution in [0.5, 0.6) is 0 Å². The van der Waals surface area contributed by atoms with E-state index < -0.39 is 0 Å². The van der Waals surface area contributed by atoms with Crippen LogP contribution in [0.15, 0.2) is 24.3 Å². The molecule has 4 nitrogen and oxygen atoms in total. The Balaban J connectivity index is 1.97. The van der Waals surface area contributed by atoms with E-state index >= 15 is 0 Å². The normalized spacial score (nSPS) is 22.3. The molecular weight excluding hydrogens is 264 g/mol. The van der Waals surface area contributed by atoms with E-state index in [1.54, 1.807) is 14.2 Å². The molecule has 1 aromatic carbocycles. The zero-order valence-corrected chi connectivity index (χ0v) is 13.3. The highest BCUT2D eigenvalue weighted by Gasteiger charge is 2.31. The van der Waals surface area contributed by atoms with E-state index in [1.807, 2.05) is 4.90 Å². The monoisotopic (exact) mass is 290 g/mol. The molecule has 116 valence electrons. The van der Waals surface area contributed by atoms with E-state index in [1.165, 1.54) is 11.1 Å². The number of hydrogen-bond donors (Lipinski definition) is 1. The molecule has 1 saturated heterocycles. The van der Waals surface area contributed by atoms with Gasteiger partial charge in [0, 0.05) is 20.2 Å². The first-order valence-electron chi connectivity index (χ1n) is 7.64. The van der Waals surface area contributed by atoms with Crippen LogP contribution in [0.3, 0.4) is 0 Å². The first-order chi connectivity index (χ1) is 10.1. The molecule has 1 aliphatic rings. The van der Waals surface area contributed by atoms with Crippen molar-refractivity contribution in [1.29, 1.82) is 0 Å². The summed E-state index contributed by atoms with van der Waals surface area (Å²) < 4.78 is 5.65. The Hall–Kier alpha value is -1.39. The number of piperidine rings is 1. The maximum absolute atomic E-state index is 12.0. The summed E-state index contributed by atoms with van der Waals surface area (Å²) in [5.41, 5.74) is 2.65. The summed E-state index contributed by atoms with van der Waals surface area (Å²) in [6.45, 7) is 4.06. The molecule has 2 atom stereocenters. The van der Waals surface area contributed by atoms with Crippen molar-refractivity contribution in [2.24, 2.45) is 5.92 Å². The van der Waals surface area contributed by atoms with Gasteiger partial charge in [-0.3, -0.25) is 4.79 Å². The van der Waals surface area contributed by atoms with Crippen molar-refractivity contribution >= 4 is 5.91 Å². The fraction of sp³-hybridized carbons (Fsp3) is 0.588. The third-order valence-corrected chi connectivity index (χ3v) is 4.26. The van der Waals surface area contributed by atoms with Crippen LogP contribution in [-0.2, 0) is 16.0 Å². The van der Waals surface area contributed by atoms with Crippen molar-refractivity contribution in [2.45, 2.75) is 25.9 Å². The number of rotatable bonds is 5. The van der Waals surface area contributed by atoms with Crippen molar-refractivity contribution in [2.75, 3.05) is 33.8 Å². The summed E-state index contributed by atoms with van der Waals surface area (Å²) in [6, 6.07) is 8.65. The zero-order valence-electron chi connectivity index (χ0n) is 13.3. The fourth-order valence-corrected chi connectivity index (χ4v) is 3.10.